The van der Waals surface area contributed by atoms with Crippen LogP contribution in [0.4, 0.5) is 4.39 Å². The van der Waals surface area contributed by atoms with Gasteiger partial charge in [0, 0.05) is 15.9 Å². The van der Waals surface area contributed by atoms with Crippen LogP contribution in [0.25, 0.3) is 10.6 Å². The molecule has 0 radical (unpaired) electrons. The number of hydrogen-bond acceptors (Lipinski definition) is 3. The summed E-state index contributed by atoms with van der Waals surface area (Å²) in [4.78, 5) is 5.91. The summed E-state index contributed by atoms with van der Waals surface area (Å²) in [5.74, 6) is 0.300. The SMILES string of the molecule is CCNCc1sc(-c2c(F)cccc2Br)nc1CC(C)C. The topological polar surface area (TPSA) is 24.9 Å². The van der Waals surface area contributed by atoms with E-state index in [0.717, 1.165) is 34.7 Å². The second-order valence-corrected chi connectivity index (χ2v) is 7.30. The zero-order chi connectivity index (χ0) is 15.4. The van der Waals surface area contributed by atoms with Crippen LogP contribution in [0.5, 0.6) is 0 Å². The quantitative estimate of drug-likeness (QED) is 0.771. The van der Waals surface area contributed by atoms with E-state index in [1.54, 1.807) is 17.4 Å². The lowest BCUT2D eigenvalue weighted by atomic mass is 10.1. The first-order valence-corrected chi connectivity index (χ1v) is 8.77. The molecule has 2 nitrogen and oxygen atoms in total. The van der Waals surface area contributed by atoms with Crippen LogP contribution in [0.15, 0.2) is 22.7 Å². The van der Waals surface area contributed by atoms with Gasteiger partial charge in [-0.2, -0.15) is 0 Å². The lowest BCUT2D eigenvalue weighted by Crippen LogP contribution is -2.12. The average molecular weight is 371 g/mol. The van der Waals surface area contributed by atoms with Crippen molar-refractivity contribution in [3.05, 3.63) is 39.1 Å². The van der Waals surface area contributed by atoms with Gasteiger partial charge in [0.1, 0.15) is 10.8 Å². The van der Waals surface area contributed by atoms with E-state index in [1.807, 2.05) is 6.07 Å². The standard InChI is InChI=1S/C16H20BrFN2S/c1-4-19-9-14-13(8-10(2)3)20-16(21-14)15-11(17)6-5-7-12(15)18/h5-7,10,19H,4,8-9H2,1-3H3. The molecule has 0 amide bonds. The zero-order valence-corrected chi connectivity index (χ0v) is 14.9. The number of nitrogens with one attached hydrogen (secondary N) is 1. The van der Waals surface area contributed by atoms with Crippen LogP contribution >= 0.6 is 27.3 Å². The van der Waals surface area contributed by atoms with E-state index in [0.29, 0.717) is 11.5 Å². The summed E-state index contributed by atoms with van der Waals surface area (Å²) in [6.45, 7) is 8.14. The molecule has 0 aliphatic heterocycles. The molecule has 0 bridgehead atoms. The largest absolute Gasteiger partial charge is 0.312 e. The summed E-state index contributed by atoms with van der Waals surface area (Å²) in [7, 11) is 0. The van der Waals surface area contributed by atoms with Gasteiger partial charge in [0.25, 0.3) is 0 Å². The van der Waals surface area contributed by atoms with Gasteiger partial charge in [0.05, 0.1) is 11.3 Å². The molecule has 0 spiro atoms. The van der Waals surface area contributed by atoms with Crippen LogP contribution in [-0.4, -0.2) is 11.5 Å². The maximum absolute atomic E-state index is 14.1. The minimum Gasteiger partial charge on any atom is -0.312 e. The van der Waals surface area contributed by atoms with E-state index < -0.39 is 0 Å². The van der Waals surface area contributed by atoms with E-state index in [2.05, 4.69) is 42.0 Å². The summed E-state index contributed by atoms with van der Waals surface area (Å²) >= 11 is 5.01. The molecular formula is C16H20BrFN2S. The summed E-state index contributed by atoms with van der Waals surface area (Å²) in [5, 5.41) is 4.09. The summed E-state index contributed by atoms with van der Waals surface area (Å²) < 4.78 is 14.9. The number of rotatable bonds is 6. The molecule has 21 heavy (non-hydrogen) atoms. The van der Waals surface area contributed by atoms with Crippen LogP contribution in [0.2, 0.25) is 0 Å². The van der Waals surface area contributed by atoms with Crippen molar-refractivity contribution in [1.29, 1.82) is 0 Å². The van der Waals surface area contributed by atoms with Crippen LogP contribution in [0.3, 0.4) is 0 Å². The Morgan fingerprint density at radius 1 is 1.38 bits per heavy atom. The number of thiazole rings is 1. The van der Waals surface area contributed by atoms with Crippen LogP contribution in [0.1, 0.15) is 31.3 Å². The molecule has 0 saturated heterocycles. The Morgan fingerprint density at radius 3 is 2.76 bits per heavy atom. The Hall–Kier alpha value is -0.780. The maximum atomic E-state index is 14.1. The van der Waals surface area contributed by atoms with Gasteiger partial charge in [-0.3, -0.25) is 0 Å². The molecule has 5 heteroatoms. The first kappa shape index (κ1) is 16.6. The van der Waals surface area contributed by atoms with Gasteiger partial charge in [-0.1, -0.05) is 26.8 Å². The Bertz CT molecular complexity index is 590. The lowest BCUT2D eigenvalue weighted by molar-refractivity contribution is 0.625. The maximum Gasteiger partial charge on any atom is 0.134 e. The third-order valence-corrected chi connectivity index (χ3v) is 4.87. The van der Waals surface area contributed by atoms with E-state index in [1.165, 1.54) is 10.9 Å². The highest BCUT2D eigenvalue weighted by atomic mass is 79.9. The van der Waals surface area contributed by atoms with Crippen LogP contribution in [-0.2, 0) is 13.0 Å². The molecule has 1 N–H and O–H groups in total. The first-order chi connectivity index (χ1) is 10.0. The van der Waals surface area contributed by atoms with Gasteiger partial charge in [0.2, 0.25) is 0 Å². The third kappa shape index (κ3) is 4.11. The van der Waals surface area contributed by atoms with E-state index in [-0.39, 0.29) is 5.82 Å². The average Bonchev–Trinajstić information content (AvgIpc) is 2.78. The molecule has 1 heterocycles. The summed E-state index contributed by atoms with van der Waals surface area (Å²) in [6.07, 6.45) is 0.920. The molecule has 114 valence electrons. The minimum atomic E-state index is -0.232. The predicted molar refractivity (Wildman–Crippen MR) is 91.1 cm³/mol. The highest BCUT2D eigenvalue weighted by Gasteiger charge is 2.17. The number of benzene rings is 1. The Kier molecular flexibility index (Phi) is 5.90. The molecule has 1 aromatic carbocycles. The molecule has 0 saturated carbocycles. The van der Waals surface area contributed by atoms with Crippen LogP contribution in [0, 0.1) is 11.7 Å². The smallest absolute Gasteiger partial charge is 0.134 e. The molecule has 2 rings (SSSR count). The number of aromatic nitrogens is 1. The molecule has 1 aromatic heterocycles. The molecule has 0 unspecified atom stereocenters. The van der Waals surface area contributed by atoms with Gasteiger partial charge in [-0.25, -0.2) is 9.37 Å². The van der Waals surface area contributed by atoms with Crippen molar-refractivity contribution in [3.8, 4) is 10.6 Å². The van der Waals surface area contributed by atoms with Gasteiger partial charge in [-0.15, -0.1) is 11.3 Å². The molecule has 0 atom stereocenters. The van der Waals surface area contributed by atoms with Crippen molar-refractivity contribution in [3.63, 3.8) is 0 Å². The molecule has 2 aromatic rings. The fourth-order valence-electron chi connectivity index (χ4n) is 2.12. The molecule has 0 fully saturated rings. The second kappa shape index (κ2) is 7.47. The van der Waals surface area contributed by atoms with Gasteiger partial charge < -0.3 is 5.32 Å². The van der Waals surface area contributed by atoms with Crippen molar-refractivity contribution in [2.45, 2.75) is 33.7 Å². The number of hydrogen-bond donors (Lipinski definition) is 1. The van der Waals surface area contributed by atoms with E-state index >= 15 is 0 Å². The van der Waals surface area contributed by atoms with E-state index in [4.69, 9.17) is 4.98 Å². The Morgan fingerprint density at radius 2 is 2.14 bits per heavy atom. The monoisotopic (exact) mass is 370 g/mol. The van der Waals surface area contributed by atoms with Gasteiger partial charge in [-0.05, 0) is 46.9 Å². The van der Waals surface area contributed by atoms with E-state index in [9.17, 15) is 4.39 Å². The normalized spacial score (nSPS) is 11.3. The highest BCUT2D eigenvalue weighted by molar-refractivity contribution is 9.10. The fourth-order valence-corrected chi connectivity index (χ4v) is 3.90. The third-order valence-electron chi connectivity index (χ3n) is 3.09. The lowest BCUT2D eigenvalue weighted by Gasteiger charge is -2.05. The molecular weight excluding hydrogens is 351 g/mol. The van der Waals surface area contributed by atoms with Crippen molar-refractivity contribution >= 4 is 27.3 Å². The van der Waals surface area contributed by atoms with Crippen molar-refractivity contribution < 1.29 is 4.39 Å². The Labute approximate surface area is 137 Å². The van der Waals surface area contributed by atoms with Gasteiger partial charge >= 0.3 is 0 Å². The number of nitrogens with zero attached hydrogens (tertiary/aromatic N) is 1. The van der Waals surface area contributed by atoms with Crippen molar-refractivity contribution in [2.75, 3.05) is 6.54 Å². The van der Waals surface area contributed by atoms with Crippen molar-refractivity contribution in [2.24, 2.45) is 5.92 Å². The summed E-state index contributed by atoms with van der Waals surface area (Å²) in [6, 6.07) is 5.03. The second-order valence-electron chi connectivity index (χ2n) is 5.36. The minimum absolute atomic E-state index is 0.232. The zero-order valence-electron chi connectivity index (χ0n) is 12.5. The van der Waals surface area contributed by atoms with Crippen LogP contribution < -0.4 is 5.32 Å². The number of halogens is 2. The molecule has 0 aliphatic carbocycles. The summed E-state index contributed by atoms with van der Waals surface area (Å²) in [5.41, 5.74) is 1.65. The molecule has 0 aliphatic rings. The predicted octanol–water partition coefficient (Wildman–Crippen LogP) is 5.02. The Balaban J connectivity index is 2.42. The van der Waals surface area contributed by atoms with Gasteiger partial charge in [0.15, 0.2) is 0 Å². The highest BCUT2D eigenvalue weighted by Crippen LogP contribution is 2.35. The first-order valence-electron chi connectivity index (χ1n) is 7.16. The fraction of sp³-hybridized carbons (Fsp3) is 0.438. The van der Waals surface area contributed by atoms with Crippen molar-refractivity contribution in [1.82, 2.24) is 10.3 Å².